The van der Waals surface area contributed by atoms with Gasteiger partial charge in [-0.1, -0.05) is 30.3 Å². The van der Waals surface area contributed by atoms with Gasteiger partial charge in [0.15, 0.2) is 0 Å². The molecule has 0 fully saturated rings. The molecular weight excluding hydrogens is 184 g/mol. The average Bonchev–Trinajstić information content (AvgIpc) is 2.67. The lowest BCUT2D eigenvalue weighted by Gasteiger charge is -2.29. The molecule has 0 amide bonds. The quantitative estimate of drug-likeness (QED) is 0.683. The second-order valence-corrected chi connectivity index (χ2v) is 4.96. The maximum absolute atomic E-state index is 4.68. The summed E-state index contributed by atoms with van der Waals surface area (Å²) in [6, 6.07) is 10.4. The Hall–Kier alpha value is -1.31. The highest BCUT2D eigenvalue weighted by Crippen LogP contribution is 2.21. The third-order valence-corrected chi connectivity index (χ3v) is 2.68. The van der Waals surface area contributed by atoms with Crippen molar-refractivity contribution in [2.75, 3.05) is 6.54 Å². The Morgan fingerprint density at radius 3 is 2.33 bits per heavy atom. The van der Waals surface area contributed by atoms with Crippen LogP contribution < -0.4 is 0 Å². The van der Waals surface area contributed by atoms with Crippen LogP contribution in [0, 0.1) is 0 Å². The molecule has 1 aromatic carbocycles. The van der Waals surface area contributed by atoms with Crippen molar-refractivity contribution < 1.29 is 0 Å². The topological polar surface area (TPSA) is 15.6 Å². The summed E-state index contributed by atoms with van der Waals surface area (Å²) in [6.07, 6.45) is 1.06. The lowest BCUT2D eigenvalue weighted by Crippen LogP contribution is -2.35. The molecule has 1 aliphatic heterocycles. The highest BCUT2D eigenvalue weighted by atomic mass is 15.5. The van der Waals surface area contributed by atoms with Crippen molar-refractivity contribution in [3.05, 3.63) is 35.9 Å². The molecule has 0 bridgehead atoms. The first-order valence-electron chi connectivity index (χ1n) is 5.48. The van der Waals surface area contributed by atoms with Gasteiger partial charge in [0.1, 0.15) is 0 Å². The van der Waals surface area contributed by atoms with Crippen molar-refractivity contribution in [2.45, 2.75) is 32.7 Å². The maximum Gasteiger partial charge on any atom is 0.0696 e. The Morgan fingerprint density at radius 1 is 1.13 bits per heavy atom. The van der Waals surface area contributed by atoms with Gasteiger partial charge in [0.05, 0.1) is 5.71 Å². The highest BCUT2D eigenvalue weighted by Gasteiger charge is 2.25. The Bertz CT molecular complexity index is 360. The molecule has 0 radical (unpaired) electrons. The van der Waals surface area contributed by atoms with Gasteiger partial charge in [-0.2, -0.15) is 5.10 Å². The Balaban J connectivity index is 2.21. The van der Waals surface area contributed by atoms with Gasteiger partial charge < -0.3 is 0 Å². The van der Waals surface area contributed by atoms with Crippen LogP contribution >= 0.6 is 0 Å². The summed E-state index contributed by atoms with van der Waals surface area (Å²) >= 11 is 0. The molecule has 0 saturated carbocycles. The van der Waals surface area contributed by atoms with Crippen molar-refractivity contribution in [1.29, 1.82) is 0 Å². The molecule has 0 spiro atoms. The summed E-state index contributed by atoms with van der Waals surface area (Å²) < 4.78 is 0. The van der Waals surface area contributed by atoms with E-state index in [1.54, 1.807) is 0 Å². The van der Waals surface area contributed by atoms with Crippen molar-refractivity contribution >= 4 is 5.71 Å². The van der Waals surface area contributed by atoms with E-state index in [2.05, 4.69) is 55.1 Å². The lowest BCUT2D eigenvalue weighted by atomic mass is 10.1. The SMILES string of the molecule is CC(C)(C)N1CCC(c2ccccc2)=N1. The predicted octanol–water partition coefficient (Wildman–Crippen LogP) is 2.89. The van der Waals surface area contributed by atoms with Gasteiger partial charge in [-0.15, -0.1) is 0 Å². The number of nitrogens with zero attached hydrogens (tertiary/aromatic N) is 2. The normalized spacial score (nSPS) is 16.7. The first-order chi connectivity index (χ1) is 7.07. The third-order valence-electron chi connectivity index (χ3n) is 2.68. The molecule has 1 heterocycles. The largest absolute Gasteiger partial charge is 0.291 e. The summed E-state index contributed by atoms with van der Waals surface area (Å²) in [5, 5.41) is 6.86. The van der Waals surface area contributed by atoms with Crippen LogP contribution in [0.2, 0.25) is 0 Å². The minimum absolute atomic E-state index is 0.135. The monoisotopic (exact) mass is 202 g/mol. The molecule has 0 aromatic heterocycles. The summed E-state index contributed by atoms with van der Waals surface area (Å²) in [5.74, 6) is 0. The molecule has 0 saturated heterocycles. The summed E-state index contributed by atoms with van der Waals surface area (Å²) in [5.41, 5.74) is 2.60. The van der Waals surface area contributed by atoms with Crippen molar-refractivity contribution in [3.8, 4) is 0 Å². The second-order valence-electron chi connectivity index (χ2n) is 4.96. The maximum atomic E-state index is 4.68. The molecule has 0 atom stereocenters. The van der Waals surface area contributed by atoms with E-state index in [0.29, 0.717) is 0 Å². The highest BCUT2D eigenvalue weighted by molar-refractivity contribution is 6.01. The van der Waals surface area contributed by atoms with E-state index < -0.39 is 0 Å². The van der Waals surface area contributed by atoms with Crippen molar-refractivity contribution in [3.63, 3.8) is 0 Å². The van der Waals surface area contributed by atoms with Gasteiger partial charge in [-0.3, -0.25) is 5.01 Å². The number of rotatable bonds is 1. The van der Waals surface area contributed by atoms with Crippen LogP contribution in [0.1, 0.15) is 32.8 Å². The standard InChI is InChI=1S/C13H18N2/c1-13(2,3)15-10-9-12(14-15)11-7-5-4-6-8-11/h4-8H,9-10H2,1-3H3. The van der Waals surface area contributed by atoms with Gasteiger partial charge in [-0.05, 0) is 26.3 Å². The fourth-order valence-electron chi connectivity index (χ4n) is 1.78. The molecule has 80 valence electrons. The van der Waals surface area contributed by atoms with Crippen LogP contribution in [0.5, 0.6) is 0 Å². The first kappa shape index (κ1) is 10.2. The first-order valence-corrected chi connectivity index (χ1v) is 5.48. The van der Waals surface area contributed by atoms with Crippen LogP contribution in [0.25, 0.3) is 0 Å². The molecule has 0 aliphatic carbocycles. The van der Waals surface area contributed by atoms with Crippen molar-refractivity contribution in [2.24, 2.45) is 5.10 Å². The Morgan fingerprint density at radius 2 is 1.80 bits per heavy atom. The molecule has 1 aliphatic rings. The van der Waals surface area contributed by atoms with E-state index >= 15 is 0 Å². The van der Waals surface area contributed by atoms with Gasteiger partial charge in [0.25, 0.3) is 0 Å². The minimum atomic E-state index is 0.135. The molecular formula is C13H18N2. The molecule has 2 nitrogen and oxygen atoms in total. The van der Waals surface area contributed by atoms with E-state index in [1.807, 2.05) is 6.07 Å². The van der Waals surface area contributed by atoms with E-state index in [9.17, 15) is 0 Å². The minimum Gasteiger partial charge on any atom is -0.291 e. The van der Waals surface area contributed by atoms with Crippen LogP contribution in [-0.4, -0.2) is 22.8 Å². The van der Waals surface area contributed by atoms with Gasteiger partial charge in [0, 0.05) is 18.5 Å². The average molecular weight is 202 g/mol. The van der Waals surface area contributed by atoms with Gasteiger partial charge in [-0.25, -0.2) is 0 Å². The number of hydrogen-bond acceptors (Lipinski definition) is 2. The summed E-state index contributed by atoms with van der Waals surface area (Å²) in [7, 11) is 0. The number of hydrogen-bond donors (Lipinski definition) is 0. The lowest BCUT2D eigenvalue weighted by molar-refractivity contribution is 0.160. The van der Waals surface area contributed by atoms with Crippen molar-refractivity contribution in [1.82, 2.24) is 5.01 Å². The Labute approximate surface area is 91.6 Å². The molecule has 2 rings (SSSR count). The fraction of sp³-hybridized carbons (Fsp3) is 0.462. The molecule has 15 heavy (non-hydrogen) atoms. The van der Waals surface area contributed by atoms with Crippen LogP contribution in [0.4, 0.5) is 0 Å². The third kappa shape index (κ3) is 2.20. The molecule has 0 unspecified atom stereocenters. The molecule has 0 N–H and O–H groups in total. The second kappa shape index (κ2) is 3.69. The zero-order valence-electron chi connectivity index (χ0n) is 9.70. The number of benzene rings is 1. The number of hydrazone groups is 1. The fourth-order valence-corrected chi connectivity index (χ4v) is 1.78. The predicted molar refractivity (Wildman–Crippen MR) is 64.1 cm³/mol. The van der Waals surface area contributed by atoms with Crippen LogP contribution in [-0.2, 0) is 0 Å². The molecule has 2 heteroatoms. The van der Waals surface area contributed by atoms with Gasteiger partial charge in [0.2, 0.25) is 0 Å². The van der Waals surface area contributed by atoms with E-state index in [1.165, 1.54) is 11.3 Å². The smallest absolute Gasteiger partial charge is 0.0696 e. The zero-order valence-corrected chi connectivity index (χ0v) is 9.70. The molecule has 1 aromatic rings. The zero-order chi connectivity index (χ0) is 10.9. The van der Waals surface area contributed by atoms with Crippen LogP contribution in [0.3, 0.4) is 0 Å². The summed E-state index contributed by atoms with van der Waals surface area (Å²) in [6.45, 7) is 7.63. The summed E-state index contributed by atoms with van der Waals surface area (Å²) in [4.78, 5) is 0. The van der Waals surface area contributed by atoms with E-state index in [4.69, 9.17) is 0 Å². The van der Waals surface area contributed by atoms with E-state index in [-0.39, 0.29) is 5.54 Å². The Kier molecular flexibility index (Phi) is 2.51. The van der Waals surface area contributed by atoms with E-state index in [0.717, 1.165) is 13.0 Å². The van der Waals surface area contributed by atoms with Crippen LogP contribution in [0.15, 0.2) is 35.4 Å². The van der Waals surface area contributed by atoms with Gasteiger partial charge >= 0.3 is 0 Å².